The van der Waals surface area contributed by atoms with E-state index in [-0.39, 0.29) is 16.9 Å². The van der Waals surface area contributed by atoms with Crippen molar-refractivity contribution in [2.75, 3.05) is 11.1 Å². The van der Waals surface area contributed by atoms with Crippen LogP contribution in [0.15, 0.2) is 109 Å². The maximum absolute atomic E-state index is 12.8. The standard InChI is InChI=1S/C31H22N2O6/c32-24-6-2-9-27(17-24)38-31(37)23-11-10-20-16-28(13-12-19(20)14-23)39-30(36)22-5-1-4-21(15-22)29(35)33-25-7-3-8-26(34)18-25/h1-18,34H,32H2,(H,33,35). The monoisotopic (exact) mass is 518 g/mol. The van der Waals surface area contributed by atoms with Gasteiger partial charge in [0.2, 0.25) is 0 Å². The number of nitrogen functional groups attached to an aromatic ring is 1. The quantitative estimate of drug-likeness (QED) is 0.147. The van der Waals surface area contributed by atoms with Gasteiger partial charge in [-0.2, -0.15) is 0 Å². The minimum absolute atomic E-state index is 0.0227. The summed E-state index contributed by atoms with van der Waals surface area (Å²) in [4.78, 5) is 38.0. The van der Waals surface area contributed by atoms with Crippen LogP contribution in [0.5, 0.6) is 17.2 Å². The third-order valence-corrected chi connectivity index (χ3v) is 5.79. The van der Waals surface area contributed by atoms with Gasteiger partial charge in [-0.25, -0.2) is 9.59 Å². The van der Waals surface area contributed by atoms with E-state index in [2.05, 4.69) is 5.32 Å². The van der Waals surface area contributed by atoms with Crippen LogP contribution in [-0.2, 0) is 0 Å². The average molecular weight is 519 g/mol. The topological polar surface area (TPSA) is 128 Å². The molecular formula is C31H22N2O6. The van der Waals surface area contributed by atoms with E-state index in [1.54, 1.807) is 91.0 Å². The fraction of sp³-hybridized carbons (Fsp3) is 0. The molecule has 0 aliphatic rings. The Balaban J connectivity index is 1.27. The number of benzene rings is 5. The number of nitrogens with one attached hydrogen (secondary N) is 1. The van der Waals surface area contributed by atoms with E-state index in [0.717, 1.165) is 10.8 Å². The van der Waals surface area contributed by atoms with E-state index in [4.69, 9.17) is 15.2 Å². The van der Waals surface area contributed by atoms with E-state index in [9.17, 15) is 19.5 Å². The number of phenols is 1. The van der Waals surface area contributed by atoms with Crippen LogP contribution in [0, 0.1) is 0 Å². The van der Waals surface area contributed by atoms with Crippen LogP contribution < -0.4 is 20.5 Å². The molecule has 0 spiro atoms. The molecule has 0 aliphatic carbocycles. The lowest BCUT2D eigenvalue weighted by Crippen LogP contribution is -2.14. The van der Waals surface area contributed by atoms with Gasteiger partial charge in [-0.3, -0.25) is 4.79 Å². The molecule has 0 radical (unpaired) electrons. The summed E-state index contributed by atoms with van der Waals surface area (Å²) in [7, 11) is 0. The maximum atomic E-state index is 12.8. The van der Waals surface area contributed by atoms with Crippen molar-refractivity contribution in [1.82, 2.24) is 0 Å². The van der Waals surface area contributed by atoms with Crippen molar-refractivity contribution < 1.29 is 29.0 Å². The summed E-state index contributed by atoms with van der Waals surface area (Å²) >= 11 is 0. The molecule has 0 heterocycles. The van der Waals surface area contributed by atoms with Gasteiger partial charge < -0.3 is 25.6 Å². The second kappa shape index (κ2) is 10.8. The second-order valence-electron chi connectivity index (χ2n) is 8.66. The van der Waals surface area contributed by atoms with Crippen molar-refractivity contribution >= 4 is 40.0 Å². The predicted octanol–water partition coefficient (Wildman–Crippen LogP) is 5.82. The highest BCUT2D eigenvalue weighted by Gasteiger charge is 2.14. The van der Waals surface area contributed by atoms with E-state index < -0.39 is 17.8 Å². The molecule has 8 nitrogen and oxygen atoms in total. The molecule has 5 aromatic rings. The van der Waals surface area contributed by atoms with E-state index in [1.165, 1.54) is 18.2 Å². The first-order valence-corrected chi connectivity index (χ1v) is 11.9. The maximum Gasteiger partial charge on any atom is 0.343 e. The van der Waals surface area contributed by atoms with Crippen molar-refractivity contribution in [3.8, 4) is 17.2 Å². The number of hydrogen-bond acceptors (Lipinski definition) is 7. The number of ether oxygens (including phenoxy) is 2. The highest BCUT2D eigenvalue weighted by Crippen LogP contribution is 2.24. The Bertz CT molecular complexity index is 1730. The van der Waals surface area contributed by atoms with Gasteiger partial charge in [0.25, 0.3) is 5.91 Å². The van der Waals surface area contributed by atoms with Crippen molar-refractivity contribution in [3.63, 3.8) is 0 Å². The molecule has 0 fully saturated rings. The largest absolute Gasteiger partial charge is 0.508 e. The van der Waals surface area contributed by atoms with Crippen LogP contribution in [0.25, 0.3) is 10.8 Å². The normalized spacial score (nSPS) is 10.6. The third-order valence-electron chi connectivity index (χ3n) is 5.79. The number of carbonyl (C=O) groups excluding carboxylic acids is 3. The summed E-state index contributed by atoms with van der Waals surface area (Å²) in [5.41, 5.74) is 7.45. The lowest BCUT2D eigenvalue weighted by Gasteiger charge is -2.09. The summed E-state index contributed by atoms with van der Waals surface area (Å²) in [6.07, 6.45) is 0. The minimum Gasteiger partial charge on any atom is -0.508 e. The van der Waals surface area contributed by atoms with Crippen LogP contribution >= 0.6 is 0 Å². The average Bonchev–Trinajstić information content (AvgIpc) is 2.93. The molecule has 5 rings (SSSR count). The number of nitrogens with two attached hydrogens (primary N) is 1. The molecule has 4 N–H and O–H groups in total. The zero-order valence-corrected chi connectivity index (χ0v) is 20.5. The summed E-state index contributed by atoms with van der Waals surface area (Å²) < 4.78 is 10.9. The molecule has 0 aromatic heterocycles. The first-order chi connectivity index (χ1) is 18.8. The van der Waals surface area contributed by atoms with E-state index in [1.807, 2.05) is 0 Å². The zero-order valence-electron chi connectivity index (χ0n) is 20.5. The van der Waals surface area contributed by atoms with E-state index in [0.29, 0.717) is 28.4 Å². The first kappa shape index (κ1) is 25.0. The molecule has 5 aromatic carbocycles. The van der Waals surface area contributed by atoms with Gasteiger partial charge in [0.15, 0.2) is 0 Å². The van der Waals surface area contributed by atoms with Gasteiger partial charge >= 0.3 is 11.9 Å². The molecular weight excluding hydrogens is 496 g/mol. The number of esters is 2. The molecule has 0 unspecified atom stereocenters. The molecule has 39 heavy (non-hydrogen) atoms. The molecule has 0 aliphatic heterocycles. The number of phenolic OH excluding ortho intramolecular Hbond substituents is 1. The Morgan fingerprint density at radius 1 is 0.615 bits per heavy atom. The number of anilines is 2. The Morgan fingerprint density at radius 2 is 1.26 bits per heavy atom. The number of fused-ring (bicyclic) bond motifs is 1. The summed E-state index contributed by atoms with van der Waals surface area (Å²) in [5, 5.41) is 13.8. The summed E-state index contributed by atoms with van der Waals surface area (Å²) in [6, 6.07) is 29.0. The number of hydrogen-bond donors (Lipinski definition) is 3. The Labute approximate surface area is 223 Å². The predicted molar refractivity (Wildman–Crippen MR) is 147 cm³/mol. The SMILES string of the molecule is Nc1cccc(OC(=O)c2ccc3cc(OC(=O)c4cccc(C(=O)Nc5cccc(O)c5)c4)ccc3c2)c1. The first-order valence-electron chi connectivity index (χ1n) is 11.9. The van der Waals surface area contributed by atoms with Crippen molar-refractivity contribution in [2.45, 2.75) is 0 Å². The van der Waals surface area contributed by atoms with Gasteiger partial charge in [0, 0.05) is 29.1 Å². The van der Waals surface area contributed by atoms with Gasteiger partial charge in [0.1, 0.15) is 17.2 Å². The van der Waals surface area contributed by atoms with Crippen LogP contribution in [0.4, 0.5) is 11.4 Å². The highest BCUT2D eigenvalue weighted by atomic mass is 16.5. The lowest BCUT2D eigenvalue weighted by molar-refractivity contribution is 0.0725. The molecule has 1 amide bonds. The van der Waals surface area contributed by atoms with Crippen LogP contribution in [-0.4, -0.2) is 23.0 Å². The number of rotatable bonds is 6. The number of carbonyl (C=O) groups is 3. The second-order valence-corrected chi connectivity index (χ2v) is 8.66. The van der Waals surface area contributed by atoms with Crippen LogP contribution in [0.1, 0.15) is 31.1 Å². The van der Waals surface area contributed by atoms with E-state index >= 15 is 0 Å². The Kier molecular flexibility index (Phi) is 6.92. The van der Waals surface area contributed by atoms with Gasteiger partial charge in [-0.1, -0.05) is 30.3 Å². The van der Waals surface area contributed by atoms with Crippen molar-refractivity contribution in [1.29, 1.82) is 0 Å². The Morgan fingerprint density at radius 3 is 2.03 bits per heavy atom. The minimum atomic E-state index is -0.635. The van der Waals surface area contributed by atoms with Crippen molar-refractivity contribution in [2.24, 2.45) is 0 Å². The van der Waals surface area contributed by atoms with Crippen LogP contribution in [0.3, 0.4) is 0 Å². The molecule has 0 saturated carbocycles. The van der Waals surface area contributed by atoms with Gasteiger partial charge in [-0.15, -0.1) is 0 Å². The number of amides is 1. The molecule has 8 heteroatoms. The molecule has 192 valence electrons. The smallest absolute Gasteiger partial charge is 0.343 e. The highest BCUT2D eigenvalue weighted by molar-refractivity contribution is 6.06. The third kappa shape index (κ3) is 6.03. The van der Waals surface area contributed by atoms with Gasteiger partial charge in [-0.05, 0) is 77.5 Å². The fourth-order valence-electron chi connectivity index (χ4n) is 3.90. The molecule has 0 atom stereocenters. The fourth-order valence-corrected chi connectivity index (χ4v) is 3.90. The lowest BCUT2D eigenvalue weighted by atomic mass is 10.1. The van der Waals surface area contributed by atoms with Gasteiger partial charge in [0.05, 0.1) is 11.1 Å². The summed E-state index contributed by atoms with van der Waals surface area (Å²) in [5.74, 6) is -0.921. The zero-order chi connectivity index (χ0) is 27.4. The Hall–Kier alpha value is -5.63. The van der Waals surface area contributed by atoms with Crippen molar-refractivity contribution in [3.05, 3.63) is 126 Å². The molecule has 0 saturated heterocycles. The van der Waals surface area contributed by atoms with Crippen LogP contribution in [0.2, 0.25) is 0 Å². The number of aromatic hydroxyl groups is 1. The molecule has 0 bridgehead atoms. The summed E-state index contributed by atoms with van der Waals surface area (Å²) in [6.45, 7) is 0.